The van der Waals surface area contributed by atoms with E-state index in [-0.39, 0.29) is 5.97 Å². The molecule has 0 heterocycles. The van der Waals surface area contributed by atoms with Crippen LogP contribution in [0, 0.1) is 5.92 Å². The molecular formula is C13H27NO3. The first kappa shape index (κ1) is 16.4. The van der Waals surface area contributed by atoms with Crippen molar-refractivity contribution in [3.63, 3.8) is 0 Å². The van der Waals surface area contributed by atoms with Gasteiger partial charge >= 0.3 is 5.97 Å². The molecule has 0 aromatic rings. The summed E-state index contributed by atoms with van der Waals surface area (Å²) in [6, 6.07) is 0. The number of carbonyl (C=O) groups is 1. The Morgan fingerprint density at radius 1 is 1.24 bits per heavy atom. The Hall–Kier alpha value is -0.610. The molecule has 0 aromatic heterocycles. The number of rotatable bonds is 10. The number of methoxy groups -OCH3 is 1. The van der Waals surface area contributed by atoms with Gasteiger partial charge in [0, 0.05) is 13.2 Å². The monoisotopic (exact) mass is 245 g/mol. The number of hydrogen-bond acceptors (Lipinski definition) is 4. The molecule has 0 unspecified atom stereocenters. The average molecular weight is 245 g/mol. The number of esters is 1. The van der Waals surface area contributed by atoms with E-state index >= 15 is 0 Å². The van der Waals surface area contributed by atoms with Crippen LogP contribution in [0.3, 0.4) is 0 Å². The number of hydrogen-bond donors (Lipinski definition) is 0. The highest BCUT2D eigenvalue weighted by molar-refractivity contribution is 5.71. The predicted octanol–water partition coefficient (Wildman–Crippen LogP) is 1.93. The molecule has 0 aromatic carbocycles. The van der Waals surface area contributed by atoms with Gasteiger partial charge in [-0.2, -0.15) is 0 Å². The Kier molecular flexibility index (Phi) is 10.2. The molecule has 0 atom stereocenters. The SMILES string of the molecule is CCCN(CCOCCC(C)C)CC(=O)OC. The molecule has 0 bridgehead atoms. The molecule has 0 N–H and O–H groups in total. The zero-order chi connectivity index (χ0) is 13.1. The van der Waals surface area contributed by atoms with Crippen molar-refractivity contribution >= 4 is 5.97 Å². The molecule has 0 saturated carbocycles. The molecular weight excluding hydrogens is 218 g/mol. The Balaban J connectivity index is 3.65. The van der Waals surface area contributed by atoms with Gasteiger partial charge < -0.3 is 9.47 Å². The van der Waals surface area contributed by atoms with E-state index in [2.05, 4.69) is 30.4 Å². The summed E-state index contributed by atoms with van der Waals surface area (Å²) < 4.78 is 10.2. The van der Waals surface area contributed by atoms with E-state index in [1.165, 1.54) is 7.11 Å². The fraction of sp³-hybridized carbons (Fsp3) is 0.923. The lowest BCUT2D eigenvalue weighted by Gasteiger charge is -2.20. The van der Waals surface area contributed by atoms with Crippen LogP contribution >= 0.6 is 0 Å². The van der Waals surface area contributed by atoms with Crippen molar-refractivity contribution in [2.24, 2.45) is 5.92 Å². The second-order valence-electron chi connectivity index (χ2n) is 4.65. The topological polar surface area (TPSA) is 38.8 Å². The van der Waals surface area contributed by atoms with Crippen LogP contribution in [0.15, 0.2) is 0 Å². The maximum absolute atomic E-state index is 11.2. The van der Waals surface area contributed by atoms with Gasteiger partial charge in [-0.25, -0.2) is 0 Å². The third-order valence-electron chi connectivity index (χ3n) is 2.51. The Bertz CT molecular complexity index is 195. The van der Waals surface area contributed by atoms with E-state index in [0.717, 1.165) is 32.5 Å². The number of carbonyl (C=O) groups excluding carboxylic acids is 1. The minimum atomic E-state index is -0.180. The lowest BCUT2D eigenvalue weighted by atomic mass is 10.1. The molecule has 0 radical (unpaired) electrons. The molecule has 0 spiro atoms. The average Bonchev–Trinajstić information content (AvgIpc) is 2.28. The Labute approximate surface area is 105 Å². The van der Waals surface area contributed by atoms with Crippen molar-refractivity contribution in [3.8, 4) is 0 Å². The molecule has 17 heavy (non-hydrogen) atoms. The standard InChI is InChI=1S/C13H27NO3/c1-5-7-14(11-13(15)16-4)8-10-17-9-6-12(2)3/h12H,5-11H2,1-4H3. The summed E-state index contributed by atoms with van der Waals surface area (Å²) >= 11 is 0. The van der Waals surface area contributed by atoms with Crippen LogP contribution < -0.4 is 0 Å². The molecule has 0 aliphatic rings. The fourth-order valence-electron chi connectivity index (χ4n) is 1.45. The van der Waals surface area contributed by atoms with Crippen molar-refractivity contribution in [3.05, 3.63) is 0 Å². The minimum absolute atomic E-state index is 0.180. The summed E-state index contributed by atoms with van der Waals surface area (Å²) in [5.41, 5.74) is 0. The zero-order valence-corrected chi connectivity index (χ0v) is 11.7. The molecule has 0 saturated heterocycles. The first-order chi connectivity index (χ1) is 8.10. The summed E-state index contributed by atoms with van der Waals surface area (Å²) in [7, 11) is 1.42. The van der Waals surface area contributed by atoms with Gasteiger partial charge in [-0.1, -0.05) is 20.8 Å². The predicted molar refractivity (Wildman–Crippen MR) is 69.0 cm³/mol. The van der Waals surface area contributed by atoms with Gasteiger partial charge in [0.1, 0.15) is 0 Å². The minimum Gasteiger partial charge on any atom is -0.468 e. The van der Waals surface area contributed by atoms with Gasteiger partial charge in [0.05, 0.1) is 20.3 Å². The summed E-state index contributed by atoms with van der Waals surface area (Å²) in [6.45, 7) is 10.0. The number of ether oxygens (including phenoxy) is 2. The maximum Gasteiger partial charge on any atom is 0.319 e. The first-order valence-electron chi connectivity index (χ1n) is 6.47. The highest BCUT2D eigenvalue weighted by Gasteiger charge is 2.09. The van der Waals surface area contributed by atoms with Crippen molar-refractivity contribution in [1.29, 1.82) is 0 Å². The van der Waals surface area contributed by atoms with E-state index in [1.807, 2.05) is 0 Å². The second kappa shape index (κ2) is 10.5. The smallest absolute Gasteiger partial charge is 0.319 e. The molecule has 0 amide bonds. The van der Waals surface area contributed by atoms with Crippen molar-refractivity contribution in [2.75, 3.05) is 40.0 Å². The van der Waals surface area contributed by atoms with Crippen LogP contribution in [0.25, 0.3) is 0 Å². The third kappa shape index (κ3) is 10.3. The fourth-order valence-corrected chi connectivity index (χ4v) is 1.45. The quantitative estimate of drug-likeness (QED) is 0.435. The largest absolute Gasteiger partial charge is 0.468 e. The normalized spacial score (nSPS) is 11.2. The molecule has 4 heteroatoms. The Morgan fingerprint density at radius 3 is 2.47 bits per heavy atom. The van der Waals surface area contributed by atoms with Crippen LogP contribution in [-0.2, 0) is 14.3 Å². The van der Waals surface area contributed by atoms with E-state index in [4.69, 9.17) is 4.74 Å². The lowest BCUT2D eigenvalue weighted by Crippen LogP contribution is -2.34. The molecule has 0 fully saturated rings. The van der Waals surface area contributed by atoms with Crippen molar-refractivity contribution in [1.82, 2.24) is 4.90 Å². The second-order valence-corrected chi connectivity index (χ2v) is 4.65. The van der Waals surface area contributed by atoms with Crippen LogP contribution in [0.1, 0.15) is 33.6 Å². The summed E-state index contributed by atoms with van der Waals surface area (Å²) in [6.07, 6.45) is 2.12. The van der Waals surface area contributed by atoms with Crippen LogP contribution in [0.5, 0.6) is 0 Å². The maximum atomic E-state index is 11.2. The van der Waals surface area contributed by atoms with Crippen LogP contribution in [-0.4, -0.2) is 50.8 Å². The molecule has 4 nitrogen and oxygen atoms in total. The highest BCUT2D eigenvalue weighted by atomic mass is 16.5. The first-order valence-corrected chi connectivity index (χ1v) is 6.47. The van der Waals surface area contributed by atoms with Gasteiger partial charge in [0.15, 0.2) is 0 Å². The van der Waals surface area contributed by atoms with Crippen LogP contribution in [0.2, 0.25) is 0 Å². The van der Waals surface area contributed by atoms with Gasteiger partial charge in [0.2, 0.25) is 0 Å². The summed E-state index contributed by atoms with van der Waals surface area (Å²) in [4.78, 5) is 13.2. The highest BCUT2D eigenvalue weighted by Crippen LogP contribution is 1.99. The van der Waals surface area contributed by atoms with Gasteiger partial charge in [-0.05, 0) is 25.3 Å². The lowest BCUT2D eigenvalue weighted by molar-refractivity contribution is -0.142. The van der Waals surface area contributed by atoms with E-state index in [0.29, 0.717) is 19.1 Å². The molecule has 0 rings (SSSR count). The molecule has 0 aliphatic carbocycles. The van der Waals surface area contributed by atoms with Crippen LogP contribution in [0.4, 0.5) is 0 Å². The van der Waals surface area contributed by atoms with E-state index in [1.54, 1.807) is 0 Å². The van der Waals surface area contributed by atoms with E-state index < -0.39 is 0 Å². The molecule has 0 aliphatic heterocycles. The summed E-state index contributed by atoms with van der Waals surface area (Å²) in [5, 5.41) is 0. The van der Waals surface area contributed by atoms with Crippen molar-refractivity contribution in [2.45, 2.75) is 33.6 Å². The third-order valence-corrected chi connectivity index (χ3v) is 2.51. The molecule has 102 valence electrons. The zero-order valence-electron chi connectivity index (χ0n) is 11.7. The van der Waals surface area contributed by atoms with Gasteiger partial charge in [-0.3, -0.25) is 9.69 Å². The van der Waals surface area contributed by atoms with Gasteiger partial charge in [0.25, 0.3) is 0 Å². The summed E-state index contributed by atoms with van der Waals surface area (Å²) in [5.74, 6) is 0.498. The Morgan fingerprint density at radius 2 is 1.94 bits per heavy atom. The van der Waals surface area contributed by atoms with E-state index in [9.17, 15) is 4.79 Å². The number of nitrogens with zero attached hydrogens (tertiary/aromatic N) is 1. The van der Waals surface area contributed by atoms with Gasteiger partial charge in [-0.15, -0.1) is 0 Å². The van der Waals surface area contributed by atoms with Crippen molar-refractivity contribution < 1.29 is 14.3 Å².